The molecule has 2 atom stereocenters. The number of benzene rings is 2. The number of ether oxygens (including phenoxy) is 1. The van der Waals surface area contributed by atoms with Gasteiger partial charge in [-0.05, 0) is 68.8 Å². The number of anilines is 1. The van der Waals surface area contributed by atoms with E-state index in [-0.39, 0.29) is 11.3 Å². The van der Waals surface area contributed by atoms with Gasteiger partial charge in [-0.3, -0.25) is 4.79 Å². The molecular weight excluding hydrogens is 484 g/mol. The lowest BCUT2D eigenvalue weighted by atomic mass is 10.2. The number of piperazine rings is 1. The molecular formula is C28H36N6O2S. The number of aliphatic imine (C=N–C) groups is 2. The third-order valence-electron chi connectivity index (χ3n) is 7.17. The number of guanidine groups is 1. The van der Waals surface area contributed by atoms with E-state index in [9.17, 15) is 4.79 Å². The highest BCUT2D eigenvalue weighted by atomic mass is 32.2. The van der Waals surface area contributed by atoms with Crippen LogP contribution in [0, 0.1) is 0 Å². The molecule has 1 amide bonds. The molecule has 0 radical (unpaired) electrons. The lowest BCUT2D eigenvalue weighted by Crippen LogP contribution is -2.49. The lowest BCUT2D eigenvalue weighted by Gasteiger charge is -2.36. The second kappa shape index (κ2) is 11.6. The molecule has 0 spiro atoms. The van der Waals surface area contributed by atoms with Gasteiger partial charge in [0.1, 0.15) is 11.9 Å². The molecule has 2 unspecified atom stereocenters. The summed E-state index contributed by atoms with van der Waals surface area (Å²) in [6.07, 6.45) is 2.51. The van der Waals surface area contributed by atoms with Crippen LogP contribution in [0.15, 0.2) is 63.4 Å². The van der Waals surface area contributed by atoms with Crippen LogP contribution in [-0.4, -0.2) is 85.2 Å². The zero-order chi connectivity index (χ0) is 25.8. The first-order chi connectivity index (χ1) is 18.0. The Kier molecular flexibility index (Phi) is 8.00. The van der Waals surface area contributed by atoms with E-state index in [0.29, 0.717) is 18.1 Å². The largest absolute Gasteiger partial charge is 0.475 e. The molecule has 0 aromatic heterocycles. The van der Waals surface area contributed by atoms with Gasteiger partial charge in [-0.15, -0.1) is 11.8 Å². The van der Waals surface area contributed by atoms with Crippen LogP contribution in [0.3, 0.4) is 0 Å². The number of hydrogen-bond donors (Lipinski definition) is 1. The maximum Gasteiger partial charge on any atom is 0.248 e. The van der Waals surface area contributed by atoms with Gasteiger partial charge in [-0.2, -0.15) is 4.99 Å². The summed E-state index contributed by atoms with van der Waals surface area (Å²) >= 11 is 1.66. The SMILES string of the molecule is CC1N=C(N2CCN(C)CC2)N=C(OCc2cccc(N3CCCC3)c2)C1Sc1ccc(C(N)=O)cc1. The fourth-order valence-corrected chi connectivity index (χ4v) is 5.96. The monoisotopic (exact) mass is 520 g/mol. The molecule has 3 heterocycles. The molecule has 196 valence electrons. The van der Waals surface area contributed by atoms with Crippen molar-refractivity contribution in [2.24, 2.45) is 15.7 Å². The number of nitrogens with two attached hydrogens (primary N) is 1. The molecule has 0 aliphatic carbocycles. The summed E-state index contributed by atoms with van der Waals surface area (Å²) < 4.78 is 6.46. The van der Waals surface area contributed by atoms with E-state index in [1.165, 1.54) is 18.5 Å². The predicted molar refractivity (Wildman–Crippen MR) is 151 cm³/mol. The second-order valence-corrected chi connectivity index (χ2v) is 11.2. The minimum absolute atomic E-state index is 0.0149. The van der Waals surface area contributed by atoms with Crippen molar-refractivity contribution in [3.05, 3.63) is 59.7 Å². The first-order valence-corrected chi connectivity index (χ1v) is 14.0. The Bertz CT molecular complexity index is 1150. The van der Waals surface area contributed by atoms with Crippen LogP contribution in [0.25, 0.3) is 0 Å². The van der Waals surface area contributed by atoms with Gasteiger partial charge in [0, 0.05) is 55.4 Å². The molecule has 2 aromatic carbocycles. The number of nitrogens with zero attached hydrogens (tertiary/aromatic N) is 5. The first-order valence-electron chi connectivity index (χ1n) is 13.1. The first kappa shape index (κ1) is 25.6. The van der Waals surface area contributed by atoms with Crippen LogP contribution in [0.1, 0.15) is 35.7 Å². The number of rotatable bonds is 6. The summed E-state index contributed by atoms with van der Waals surface area (Å²) in [5.41, 5.74) is 8.32. The third kappa shape index (κ3) is 6.27. The van der Waals surface area contributed by atoms with Crippen LogP contribution >= 0.6 is 11.8 Å². The second-order valence-electron chi connectivity index (χ2n) is 9.99. The van der Waals surface area contributed by atoms with Crippen LogP contribution < -0.4 is 10.6 Å². The van der Waals surface area contributed by atoms with Crippen molar-refractivity contribution in [2.75, 3.05) is 51.2 Å². The van der Waals surface area contributed by atoms with E-state index >= 15 is 0 Å². The molecule has 0 bridgehead atoms. The molecule has 5 rings (SSSR count). The molecule has 37 heavy (non-hydrogen) atoms. The number of carbonyl (C=O) groups excluding carboxylic acids is 1. The number of thioether (sulfide) groups is 1. The maximum absolute atomic E-state index is 11.5. The average Bonchev–Trinajstić information content (AvgIpc) is 3.45. The minimum Gasteiger partial charge on any atom is -0.475 e. The predicted octanol–water partition coefficient (Wildman–Crippen LogP) is 3.47. The number of hydrogen-bond acceptors (Lipinski definition) is 8. The number of amides is 1. The van der Waals surface area contributed by atoms with Gasteiger partial charge in [-0.1, -0.05) is 12.1 Å². The van der Waals surface area contributed by atoms with Gasteiger partial charge in [0.25, 0.3) is 0 Å². The van der Waals surface area contributed by atoms with E-state index in [1.807, 2.05) is 12.1 Å². The molecule has 2 saturated heterocycles. The Morgan fingerprint density at radius 2 is 1.76 bits per heavy atom. The van der Waals surface area contributed by atoms with Gasteiger partial charge in [0.05, 0.1) is 6.04 Å². The standard InChI is InChI=1S/C28H36N6O2S/c1-20-25(37-24-10-8-22(9-11-24)26(29)35)27(31-28(30-20)34-16-14-32(2)15-17-34)36-19-21-6-5-7-23(18-21)33-12-3-4-13-33/h5-11,18,20,25H,3-4,12-17,19H2,1-2H3,(H2,29,35). The quantitative estimate of drug-likeness (QED) is 0.628. The smallest absolute Gasteiger partial charge is 0.248 e. The summed E-state index contributed by atoms with van der Waals surface area (Å²) in [6.45, 7) is 8.61. The van der Waals surface area contributed by atoms with Crippen molar-refractivity contribution in [3.63, 3.8) is 0 Å². The molecule has 2 fully saturated rings. The Hall–Kier alpha value is -3.04. The van der Waals surface area contributed by atoms with Crippen LogP contribution in [0.5, 0.6) is 0 Å². The Balaban J connectivity index is 1.35. The minimum atomic E-state index is -0.425. The lowest BCUT2D eigenvalue weighted by molar-refractivity contribution is 0.1000. The molecule has 2 aromatic rings. The highest BCUT2D eigenvalue weighted by molar-refractivity contribution is 8.00. The van der Waals surface area contributed by atoms with Gasteiger partial charge in [0.2, 0.25) is 17.8 Å². The van der Waals surface area contributed by atoms with Crippen molar-refractivity contribution in [3.8, 4) is 0 Å². The van der Waals surface area contributed by atoms with E-state index in [4.69, 9.17) is 20.5 Å². The number of likely N-dealkylation sites (N-methyl/N-ethyl adjacent to an activating group) is 1. The molecule has 8 nitrogen and oxygen atoms in total. The van der Waals surface area contributed by atoms with E-state index in [0.717, 1.165) is 55.7 Å². The fraction of sp³-hybridized carbons (Fsp3) is 0.464. The summed E-state index contributed by atoms with van der Waals surface area (Å²) in [6, 6.07) is 16.0. The molecule has 9 heteroatoms. The van der Waals surface area contributed by atoms with Crippen LogP contribution in [0.4, 0.5) is 5.69 Å². The molecule has 3 aliphatic rings. The summed E-state index contributed by atoms with van der Waals surface area (Å²) in [7, 11) is 2.15. The highest BCUT2D eigenvalue weighted by Gasteiger charge is 2.32. The molecule has 0 saturated carbocycles. The Morgan fingerprint density at radius 3 is 2.46 bits per heavy atom. The van der Waals surface area contributed by atoms with E-state index < -0.39 is 5.91 Å². The van der Waals surface area contributed by atoms with Crippen molar-refractivity contribution < 1.29 is 9.53 Å². The van der Waals surface area contributed by atoms with Gasteiger partial charge in [-0.25, -0.2) is 4.99 Å². The highest BCUT2D eigenvalue weighted by Crippen LogP contribution is 2.31. The summed E-state index contributed by atoms with van der Waals surface area (Å²) in [5, 5.41) is -0.0718. The van der Waals surface area contributed by atoms with Gasteiger partial charge in [0.15, 0.2) is 0 Å². The Labute approximate surface area is 223 Å². The van der Waals surface area contributed by atoms with Gasteiger partial charge < -0.3 is 25.2 Å². The summed E-state index contributed by atoms with van der Waals surface area (Å²) in [4.78, 5) is 29.5. The van der Waals surface area contributed by atoms with Crippen molar-refractivity contribution >= 4 is 35.2 Å². The topological polar surface area (TPSA) is 86.8 Å². The zero-order valence-electron chi connectivity index (χ0n) is 21.7. The Morgan fingerprint density at radius 1 is 1.03 bits per heavy atom. The fourth-order valence-electron chi connectivity index (χ4n) is 4.89. The van der Waals surface area contributed by atoms with Crippen LogP contribution in [-0.2, 0) is 11.3 Å². The molecule has 3 aliphatic heterocycles. The average molecular weight is 521 g/mol. The number of primary amides is 1. The normalized spacial score (nSPS) is 22.5. The third-order valence-corrected chi connectivity index (χ3v) is 8.56. The van der Waals surface area contributed by atoms with E-state index in [1.54, 1.807) is 23.9 Å². The van der Waals surface area contributed by atoms with Crippen molar-refractivity contribution in [1.82, 2.24) is 9.80 Å². The van der Waals surface area contributed by atoms with Gasteiger partial charge >= 0.3 is 0 Å². The zero-order valence-corrected chi connectivity index (χ0v) is 22.5. The van der Waals surface area contributed by atoms with Crippen molar-refractivity contribution in [2.45, 2.75) is 42.6 Å². The van der Waals surface area contributed by atoms with Crippen molar-refractivity contribution in [1.29, 1.82) is 0 Å². The summed E-state index contributed by atoms with van der Waals surface area (Å²) in [5.74, 6) is 1.04. The number of carbonyl (C=O) groups is 1. The molecule has 2 N–H and O–H groups in total. The van der Waals surface area contributed by atoms with Crippen LogP contribution in [0.2, 0.25) is 0 Å². The van der Waals surface area contributed by atoms with E-state index in [2.05, 4.69) is 52.9 Å². The maximum atomic E-state index is 11.5.